The molecule has 10 heteroatoms. The fourth-order valence-electron chi connectivity index (χ4n) is 2.70. The summed E-state index contributed by atoms with van der Waals surface area (Å²) in [6, 6.07) is 9.84. The highest BCUT2D eigenvalue weighted by Crippen LogP contribution is 2.28. The molecular weight excluding hydrogens is 394 g/mol. The van der Waals surface area contributed by atoms with Gasteiger partial charge in [0.1, 0.15) is 5.75 Å². The maximum absolute atomic E-state index is 12.8. The molecule has 2 N–H and O–H groups in total. The van der Waals surface area contributed by atoms with Crippen LogP contribution >= 0.6 is 0 Å². The second kappa shape index (κ2) is 7.93. The van der Waals surface area contributed by atoms with Gasteiger partial charge in [-0.15, -0.1) is 0 Å². The second-order valence-electron chi connectivity index (χ2n) is 6.01. The van der Waals surface area contributed by atoms with E-state index in [1.54, 1.807) is 18.2 Å². The van der Waals surface area contributed by atoms with Crippen molar-refractivity contribution in [2.75, 3.05) is 17.2 Å². The zero-order chi connectivity index (χ0) is 20.3. The summed E-state index contributed by atoms with van der Waals surface area (Å²) in [4.78, 5) is 22.8. The minimum Gasteiger partial charge on any atom is -0.484 e. The van der Waals surface area contributed by atoms with Gasteiger partial charge in [0.2, 0.25) is 15.7 Å². The van der Waals surface area contributed by atoms with Crippen molar-refractivity contribution >= 4 is 33.0 Å². The van der Waals surface area contributed by atoms with Crippen molar-refractivity contribution in [3.05, 3.63) is 48.0 Å². The average molecular weight is 410 g/mol. The van der Waals surface area contributed by atoms with E-state index in [4.69, 9.17) is 4.74 Å². The molecule has 2 aromatic rings. The molecular formula is C18H16F2N2O5S. The SMILES string of the molecule is O=C1CCc2cc(OCC(=O)Nc3ccccc3S(=O)(=O)C(F)F)ccc2N1. The summed E-state index contributed by atoms with van der Waals surface area (Å²) >= 11 is 0. The molecule has 148 valence electrons. The number of ether oxygens (including phenoxy) is 1. The Bertz CT molecular complexity index is 1020. The van der Waals surface area contributed by atoms with Crippen LogP contribution in [0.3, 0.4) is 0 Å². The molecule has 0 spiro atoms. The predicted octanol–water partition coefficient (Wildman–Crippen LogP) is 2.59. The Balaban J connectivity index is 1.67. The Morgan fingerprint density at radius 2 is 1.93 bits per heavy atom. The van der Waals surface area contributed by atoms with Crippen molar-refractivity contribution in [2.24, 2.45) is 0 Å². The van der Waals surface area contributed by atoms with Gasteiger partial charge in [-0.05, 0) is 42.3 Å². The summed E-state index contributed by atoms with van der Waals surface area (Å²) in [6.07, 6.45) is 0.899. The molecule has 1 heterocycles. The van der Waals surface area contributed by atoms with Gasteiger partial charge in [0.15, 0.2) is 6.61 Å². The average Bonchev–Trinajstić information content (AvgIpc) is 2.66. The molecule has 3 rings (SSSR count). The number of carbonyl (C=O) groups is 2. The summed E-state index contributed by atoms with van der Waals surface area (Å²) in [5, 5.41) is 5.00. The summed E-state index contributed by atoms with van der Waals surface area (Å²) in [7, 11) is -4.86. The topological polar surface area (TPSA) is 102 Å². The maximum atomic E-state index is 12.8. The summed E-state index contributed by atoms with van der Waals surface area (Å²) in [5.41, 5.74) is 1.30. The van der Waals surface area contributed by atoms with Crippen molar-refractivity contribution < 1.29 is 31.5 Å². The number of anilines is 2. The van der Waals surface area contributed by atoms with E-state index in [0.29, 0.717) is 24.3 Å². The number of aryl methyl sites for hydroxylation is 1. The van der Waals surface area contributed by atoms with Crippen molar-refractivity contribution in [1.29, 1.82) is 0 Å². The number of amides is 2. The normalized spacial score (nSPS) is 13.6. The van der Waals surface area contributed by atoms with Gasteiger partial charge in [-0.25, -0.2) is 8.42 Å². The lowest BCUT2D eigenvalue weighted by Crippen LogP contribution is -2.23. The molecule has 0 fully saturated rings. The molecule has 28 heavy (non-hydrogen) atoms. The second-order valence-corrected chi connectivity index (χ2v) is 7.89. The van der Waals surface area contributed by atoms with Crippen molar-refractivity contribution in [3.8, 4) is 5.75 Å². The lowest BCUT2D eigenvalue weighted by atomic mass is 10.0. The van der Waals surface area contributed by atoms with Crippen LogP contribution in [0.5, 0.6) is 5.75 Å². The van der Waals surface area contributed by atoms with Crippen LogP contribution in [0.25, 0.3) is 0 Å². The van der Waals surface area contributed by atoms with E-state index in [-0.39, 0.29) is 11.6 Å². The molecule has 0 radical (unpaired) electrons. The van der Waals surface area contributed by atoms with E-state index in [0.717, 1.165) is 11.6 Å². The largest absolute Gasteiger partial charge is 0.484 e. The van der Waals surface area contributed by atoms with E-state index in [9.17, 15) is 26.8 Å². The van der Waals surface area contributed by atoms with Gasteiger partial charge in [-0.2, -0.15) is 8.78 Å². The predicted molar refractivity (Wildman–Crippen MR) is 97.1 cm³/mol. The van der Waals surface area contributed by atoms with Crippen molar-refractivity contribution in [2.45, 2.75) is 23.5 Å². The highest BCUT2D eigenvalue weighted by Gasteiger charge is 2.29. The maximum Gasteiger partial charge on any atom is 0.341 e. The third kappa shape index (κ3) is 4.28. The van der Waals surface area contributed by atoms with E-state index in [1.165, 1.54) is 18.2 Å². The summed E-state index contributed by atoms with van der Waals surface area (Å²) in [5.74, 6) is -3.99. The third-order valence-corrected chi connectivity index (χ3v) is 5.48. The van der Waals surface area contributed by atoms with E-state index < -0.39 is 33.0 Å². The molecule has 0 saturated carbocycles. The first-order valence-electron chi connectivity index (χ1n) is 8.24. The first-order valence-corrected chi connectivity index (χ1v) is 9.78. The number of benzene rings is 2. The minimum absolute atomic E-state index is 0.0713. The number of hydrogen-bond donors (Lipinski definition) is 2. The van der Waals surface area contributed by atoms with Gasteiger partial charge < -0.3 is 15.4 Å². The molecule has 0 bridgehead atoms. The smallest absolute Gasteiger partial charge is 0.341 e. The molecule has 1 aliphatic heterocycles. The lowest BCUT2D eigenvalue weighted by Gasteiger charge is -2.17. The van der Waals surface area contributed by atoms with Crippen LogP contribution in [0.2, 0.25) is 0 Å². The Hall–Kier alpha value is -3.01. The van der Waals surface area contributed by atoms with Crippen LogP contribution < -0.4 is 15.4 Å². The monoisotopic (exact) mass is 410 g/mol. The highest BCUT2D eigenvalue weighted by molar-refractivity contribution is 7.91. The minimum atomic E-state index is -4.86. The molecule has 1 aliphatic rings. The van der Waals surface area contributed by atoms with E-state index in [2.05, 4.69) is 10.6 Å². The van der Waals surface area contributed by atoms with Crippen LogP contribution in [0.4, 0.5) is 20.2 Å². The quantitative estimate of drug-likeness (QED) is 0.762. The number of sulfone groups is 1. The number of rotatable bonds is 6. The van der Waals surface area contributed by atoms with Crippen LogP contribution in [0, 0.1) is 0 Å². The first kappa shape index (κ1) is 19.7. The fourth-order valence-corrected chi connectivity index (χ4v) is 3.58. The summed E-state index contributed by atoms with van der Waals surface area (Å²) < 4.78 is 54.4. The Kier molecular flexibility index (Phi) is 5.59. The van der Waals surface area contributed by atoms with Crippen LogP contribution in [-0.2, 0) is 25.8 Å². The fraction of sp³-hybridized carbons (Fsp3) is 0.222. The standard InChI is InChI=1S/C18H16F2N2O5S/c19-18(20)28(25,26)15-4-2-1-3-14(15)22-17(24)10-27-12-6-7-13-11(9-12)5-8-16(23)21-13/h1-4,6-7,9,18H,5,8,10H2,(H,21,23)(H,22,24). The zero-order valence-electron chi connectivity index (χ0n) is 14.4. The molecule has 0 atom stereocenters. The molecule has 0 aromatic heterocycles. The van der Waals surface area contributed by atoms with Crippen LogP contribution in [0.1, 0.15) is 12.0 Å². The molecule has 2 aromatic carbocycles. The van der Waals surface area contributed by atoms with E-state index in [1.807, 2.05) is 0 Å². The zero-order valence-corrected chi connectivity index (χ0v) is 15.3. The Labute approximate surface area is 159 Å². The molecule has 0 aliphatic carbocycles. The highest BCUT2D eigenvalue weighted by atomic mass is 32.2. The number of para-hydroxylation sites is 1. The lowest BCUT2D eigenvalue weighted by molar-refractivity contribution is -0.118. The van der Waals surface area contributed by atoms with Crippen molar-refractivity contribution in [1.82, 2.24) is 0 Å². The van der Waals surface area contributed by atoms with Gasteiger partial charge in [-0.1, -0.05) is 12.1 Å². The Morgan fingerprint density at radius 3 is 2.68 bits per heavy atom. The van der Waals surface area contributed by atoms with Gasteiger partial charge >= 0.3 is 5.76 Å². The van der Waals surface area contributed by atoms with Gasteiger partial charge in [0, 0.05) is 12.1 Å². The molecule has 0 unspecified atom stereocenters. The Morgan fingerprint density at radius 1 is 1.18 bits per heavy atom. The number of nitrogens with one attached hydrogen (secondary N) is 2. The molecule has 0 saturated heterocycles. The van der Waals surface area contributed by atoms with Gasteiger partial charge in [0.05, 0.1) is 10.6 Å². The first-order chi connectivity index (χ1) is 13.3. The van der Waals surface area contributed by atoms with E-state index >= 15 is 0 Å². The number of carbonyl (C=O) groups excluding carboxylic acids is 2. The molecule has 7 nitrogen and oxygen atoms in total. The van der Waals surface area contributed by atoms with Crippen LogP contribution in [-0.4, -0.2) is 32.6 Å². The molecule has 2 amide bonds. The summed E-state index contributed by atoms with van der Waals surface area (Å²) in [6.45, 7) is -0.450. The number of halogens is 2. The number of alkyl halides is 2. The van der Waals surface area contributed by atoms with Gasteiger partial charge in [0.25, 0.3) is 5.91 Å². The number of fused-ring (bicyclic) bond motifs is 1. The van der Waals surface area contributed by atoms with Crippen LogP contribution in [0.15, 0.2) is 47.4 Å². The van der Waals surface area contributed by atoms with Gasteiger partial charge in [-0.3, -0.25) is 9.59 Å². The number of hydrogen-bond acceptors (Lipinski definition) is 5. The van der Waals surface area contributed by atoms with Crippen molar-refractivity contribution in [3.63, 3.8) is 0 Å². The third-order valence-electron chi connectivity index (χ3n) is 4.04.